The van der Waals surface area contributed by atoms with Crippen molar-refractivity contribution in [3.63, 3.8) is 0 Å². The summed E-state index contributed by atoms with van der Waals surface area (Å²) in [4.78, 5) is 25.8. The van der Waals surface area contributed by atoms with Crippen molar-refractivity contribution in [1.82, 2.24) is 4.72 Å². The Morgan fingerprint density at radius 2 is 1.67 bits per heavy atom. The van der Waals surface area contributed by atoms with Gasteiger partial charge in [-0.15, -0.1) is 0 Å². The second kappa shape index (κ2) is 10.1. The number of ether oxygens (including phenoxy) is 2. The van der Waals surface area contributed by atoms with Crippen molar-refractivity contribution in [2.24, 2.45) is 0 Å². The summed E-state index contributed by atoms with van der Waals surface area (Å²) in [5.74, 6) is -0.622. The number of carboxylic acid groups (broad SMARTS) is 1. The Kier molecular flexibility index (Phi) is 7.39. The summed E-state index contributed by atoms with van der Waals surface area (Å²) in [6.07, 6.45) is 2.14. The molecule has 10 heteroatoms. The molecule has 1 heterocycles. The molecular weight excluding hydrogens is 448 g/mol. The van der Waals surface area contributed by atoms with E-state index in [0.29, 0.717) is 17.1 Å². The Hall–Kier alpha value is -3.37. The molecule has 0 saturated carbocycles. The number of carboxylic acids is 1. The molecule has 2 aromatic rings. The van der Waals surface area contributed by atoms with Crippen LogP contribution in [0.25, 0.3) is 5.57 Å². The van der Waals surface area contributed by atoms with Gasteiger partial charge >= 0.3 is 5.97 Å². The molecule has 2 aromatic carbocycles. The number of sulfonamides is 1. The maximum absolute atomic E-state index is 13.1. The number of hydrogen-bond donors (Lipinski definition) is 2. The first-order chi connectivity index (χ1) is 15.7. The van der Waals surface area contributed by atoms with Crippen LogP contribution in [0.5, 0.6) is 11.5 Å². The number of Topliss-reactive ketones (excluding diaryl/α,β-unsaturated/α-hetero) is 1. The first kappa shape index (κ1) is 24.3. The minimum Gasteiger partial charge on any atom is -0.496 e. The molecule has 2 N–H and O–H groups in total. The van der Waals surface area contributed by atoms with Crippen LogP contribution < -0.4 is 19.1 Å². The smallest absolute Gasteiger partial charge is 0.318 e. The number of anilines is 1. The van der Waals surface area contributed by atoms with E-state index in [1.807, 2.05) is 10.8 Å². The predicted octanol–water partition coefficient (Wildman–Crippen LogP) is 2.56. The van der Waals surface area contributed by atoms with Crippen LogP contribution in [-0.4, -0.2) is 59.1 Å². The van der Waals surface area contributed by atoms with E-state index in [2.05, 4.69) is 11.5 Å². The standard InChI is InChI=1S/C23H26N2O7S/c1-15(18-12-19(25-10-4-5-11-25)21(32-3)13-20(18)31-2)23(28)16-6-8-17(9-7-16)33(29,30)24-14-22(26)27/h6-9,12-13,24H,1,4-5,10-11,14H2,2-3H3,(H,26,27). The largest absolute Gasteiger partial charge is 0.496 e. The number of hydrogen-bond acceptors (Lipinski definition) is 7. The molecule has 33 heavy (non-hydrogen) atoms. The van der Waals surface area contributed by atoms with Crippen LogP contribution in [-0.2, 0) is 14.8 Å². The Morgan fingerprint density at radius 1 is 1.06 bits per heavy atom. The van der Waals surface area contributed by atoms with Crippen molar-refractivity contribution in [2.45, 2.75) is 17.7 Å². The second-order valence-corrected chi connectivity index (χ2v) is 9.24. The van der Waals surface area contributed by atoms with Crippen molar-refractivity contribution >= 4 is 33.0 Å². The first-order valence-electron chi connectivity index (χ1n) is 10.2. The Bertz CT molecular complexity index is 1170. The topological polar surface area (TPSA) is 122 Å². The van der Waals surface area contributed by atoms with Gasteiger partial charge in [0.2, 0.25) is 10.0 Å². The van der Waals surface area contributed by atoms with Crippen molar-refractivity contribution in [3.8, 4) is 11.5 Å². The van der Waals surface area contributed by atoms with Gasteiger partial charge in [0.25, 0.3) is 0 Å². The van der Waals surface area contributed by atoms with E-state index in [-0.39, 0.29) is 16.0 Å². The molecule has 0 amide bonds. The number of nitrogens with one attached hydrogen (secondary N) is 1. The lowest BCUT2D eigenvalue weighted by molar-refractivity contribution is -0.135. The van der Waals surface area contributed by atoms with Crippen LogP contribution in [0.15, 0.2) is 47.9 Å². The fraction of sp³-hybridized carbons (Fsp3) is 0.304. The van der Waals surface area contributed by atoms with Gasteiger partial charge in [-0.2, -0.15) is 4.72 Å². The number of ketones is 1. The van der Waals surface area contributed by atoms with Crippen LogP contribution >= 0.6 is 0 Å². The highest BCUT2D eigenvalue weighted by Crippen LogP contribution is 2.40. The molecule has 0 bridgehead atoms. The van der Waals surface area contributed by atoms with Crippen molar-refractivity contribution in [3.05, 3.63) is 54.1 Å². The zero-order valence-corrected chi connectivity index (χ0v) is 19.3. The van der Waals surface area contributed by atoms with E-state index >= 15 is 0 Å². The molecule has 1 saturated heterocycles. The maximum atomic E-state index is 13.1. The second-order valence-electron chi connectivity index (χ2n) is 7.47. The van der Waals surface area contributed by atoms with E-state index in [0.717, 1.165) is 31.6 Å². The molecule has 1 fully saturated rings. The van der Waals surface area contributed by atoms with Gasteiger partial charge in [-0.05, 0) is 43.2 Å². The fourth-order valence-corrected chi connectivity index (χ4v) is 4.62. The Balaban J connectivity index is 1.89. The summed E-state index contributed by atoms with van der Waals surface area (Å²) < 4.78 is 37.3. The summed E-state index contributed by atoms with van der Waals surface area (Å²) >= 11 is 0. The summed E-state index contributed by atoms with van der Waals surface area (Å²) in [6, 6.07) is 8.76. The van der Waals surface area contributed by atoms with E-state index in [1.165, 1.54) is 31.4 Å². The van der Waals surface area contributed by atoms with Crippen molar-refractivity contribution in [2.75, 3.05) is 38.8 Å². The quantitative estimate of drug-likeness (QED) is 0.398. The number of allylic oxidation sites excluding steroid dienone is 1. The van der Waals surface area contributed by atoms with Gasteiger partial charge in [0.15, 0.2) is 5.78 Å². The molecule has 9 nitrogen and oxygen atoms in total. The van der Waals surface area contributed by atoms with E-state index in [1.54, 1.807) is 13.2 Å². The van der Waals surface area contributed by atoms with Gasteiger partial charge in [-0.25, -0.2) is 8.42 Å². The molecule has 3 rings (SSSR count). The maximum Gasteiger partial charge on any atom is 0.318 e. The van der Waals surface area contributed by atoms with E-state index in [9.17, 15) is 18.0 Å². The van der Waals surface area contributed by atoms with Crippen LogP contribution in [0.3, 0.4) is 0 Å². The van der Waals surface area contributed by atoms with Crippen molar-refractivity contribution < 1.29 is 32.6 Å². The number of nitrogens with zero attached hydrogens (tertiary/aromatic N) is 1. The van der Waals surface area contributed by atoms with Gasteiger partial charge in [-0.3, -0.25) is 9.59 Å². The molecule has 0 radical (unpaired) electrons. The lowest BCUT2D eigenvalue weighted by Crippen LogP contribution is -2.29. The molecule has 0 unspecified atom stereocenters. The summed E-state index contributed by atoms with van der Waals surface area (Å²) in [5.41, 5.74) is 1.79. The highest BCUT2D eigenvalue weighted by atomic mass is 32.2. The Labute approximate surface area is 192 Å². The van der Waals surface area contributed by atoms with Gasteiger partial charge in [0, 0.05) is 35.9 Å². The third-order valence-electron chi connectivity index (χ3n) is 5.39. The lowest BCUT2D eigenvalue weighted by Gasteiger charge is -2.23. The first-order valence-corrected chi connectivity index (χ1v) is 11.7. The number of rotatable bonds is 10. The van der Waals surface area contributed by atoms with Crippen LogP contribution in [0, 0.1) is 0 Å². The molecule has 1 aliphatic rings. The molecule has 0 spiro atoms. The number of methoxy groups -OCH3 is 2. The number of aliphatic carboxylic acids is 1. The molecule has 0 atom stereocenters. The summed E-state index contributed by atoms with van der Waals surface area (Å²) in [7, 11) is -0.934. The fourth-order valence-electron chi connectivity index (χ4n) is 3.65. The summed E-state index contributed by atoms with van der Waals surface area (Å²) in [6.45, 7) is 5.00. The highest BCUT2D eigenvalue weighted by molar-refractivity contribution is 7.89. The summed E-state index contributed by atoms with van der Waals surface area (Å²) in [5, 5.41) is 8.67. The zero-order chi connectivity index (χ0) is 24.2. The average Bonchev–Trinajstić information content (AvgIpc) is 3.36. The van der Waals surface area contributed by atoms with Gasteiger partial charge in [0.05, 0.1) is 24.8 Å². The van der Waals surface area contributed by atoms with E-state index < -0.39 is 28.3 Å². The average molecular weight is 475 g/mol. The molecule has 1 aliphatic heterocycles. The minimum atomic E-state index is -4.01. The van der Waals surface area contributed by atoms with E-state index in [4.69, 9.17) is 14.6 Å². The van der Waals surface area contributed by atoms with Crippen LogP contribution in [0.2, 0.25) is 0 Å². The SMILES string of the molecule is C=C(C(=O)c1ccc(S(=O)(=O)NCC(=O)O)cc1)c1cc(N2CCCC2)c(OC)cc1OC. The van der Waals surface area contributed by atoms with Crippen molar-refractivity contribution in [1.29, 1.82) is 0 Å². The highest BCUT2D eigenvalue weighted by Gasteiger charge is 2.23. The molecular formula is C23H26N2O7S. The zero-order valence-electron chi connectivity index (χ0n) is 18.5. The van der Waals surface area contributed by atoms with Crippen LogP contribution in [0.4, 0.5) is 5.69 Å². The number of carbonyl (C=O) groups excluding carboxylic acids is 1. The van der Waals surface area contributed by atoms with Gasteiger partial charge in [-0.1, -0.05) is 6.58 Å². The third kappa shape index (κ3) is 5.35. The molecule has 0 aliphatic carbocycles. The number of carbonyl (C=O) groups is 2. The third-order valence-corrected chi connectivity index (χ3v) is 6.80. The Morgan fingerprint density at radius 3 is 2.21 bits per heavy atom. The minimum absolute atomic E-state index is 0.149. The molecule has 0 aromatic heterocycles. The van der Waals surface area contributed by atoms with Gasteiger partial charge in [0.1, 0.15) is 18.0 Å². The normalized spacial score (nSPS) is 13.6. The monoisotopic (exact) mass is 474 g/mol. The predicted molar refractivity (Wildman–Crippen MR) is 124 cm³/mol. The molecule has 176 valence electrons. The number of benzene rings is 2. The van der Waals surface area contributed by atoms with Gasteiger partial charge < -0.3 is 19.5 Å². The lowest BCUT2D eigenvalue weighted by atomic mass is 9.96. The van der Waals surface area contributed by atoms with Crippen LogP contribution in [0.1, 0.15) is 28.8 Å².